The first-order valence-electron chi connectivity index (χ1n) is 13.4. The lowest BCUT2D eigenvalue weighted by molar-refractivity contribution is 0.194. The first-order valence-corrected chi connectivity index (χ1v) is 13.4. The first kappa shape index (κ1) is 31.6. The van der Waals surface area contributed by atoms with Crippen LogP contribution in [0.25, 0.3) is 0 Å². The third kappa shape index (κ3) is 15.2. The molecule has 2 aliphatic rings. The van der Waals surface area contributed by atoms with E-state index in [1.165, 1.54) is 90.0 Å². The minimum atomic E-state index is 0. The van der Waals surface area contributed by atoms with Gasteiger partial charge in [0.05, 0.1) is 11.4 Å². The average Bonchev–Trinajstić information content (AvgIpc) is 2.85. The second-order valence-electron chi connectivity index (χ2n) is 9.80. The molecule has 192 valence electrons. The Bertz CT molecular complexity index is 521. The van der Waals surface area contributed by atoms with Gasteiger partial charge < -0.3 is 4.90 Å². The van der Waals surface area contributed by atoms with Crippen molar-refractivity contribution in [2.24, 2.45) is 22.2 Å². The van der Waals surface area contributed by atoms with Crippen LogP contribution < -0.4 is 0 Å². The van der Waals surface area contributed by atoms with E-state index in [1.807, 2.05) is 0 Å². The van der Waals surface area contributed by atoms with E-state index < -0.39 is 0 Å². The van der Waals surface area contributed by atoms with Crippen LogP contribution in [0.5, 0.6) is 0 Å². The smallest absolute Gasteiger partial charge is 0.0809 e. The Morgan fingerprint density at radius 2 is 1.12 bits per heavy atom. The lowest BCUT2D eigenvalue weighted by Gasteiger charge is -2.31. The molecular formula is C28H53N3O2. The van der Waals surface area contributed by atoms with E-state index in [9.17, 15) is 9.81 Å². The summed E-state index contributed by atoms with van der Waals surface area (Å²) >= 11 is 0. The normalized spacial score (nSPS) is 17.4. The third-order valence-corrected chi connectivity index (χ3v) is 7.20. The first-order chi connectivity index (χ1) is 15.6. The number of nitroso groups, excluding NO2 is 2. The highest BCUT2D eigenvalue weighted by Gasteiger charge is 2.21. The number of unbranched alkanes of at least 4 members (excludes halogenated alkanes) is 9. The van der Waals surface area contributed by atoms with Gasteiger partial charge >= 0.3 is 0 Å². The molecule has 1 aliphatic carbocycles. The van der Waals surface area contributed by atoms with Crippen LogP contribution in [0.3, 0.4) is 0 Å². The van der Waals surface area contributed by atoms with Crippen molar-refractivity contribution < 1.29 is 0 Å². The van der Waals surface area contributed by atoms with Crippen LogP contribution in [0.4, 0.5) is 0 Å². The Morgan fingerprint density at radius 1 is 0.697 bits per heavy atom. The van der Waals surface area contributed by atoms with Gasteiger partial charge in [-0.15, -0.1) is 9.81 Å². The highest BCUT2D eigenvalue weighted by Crippen LogP contribution is 2.29. The number of nitrogens with zero attached hydrogens (tertiary/aromatic N) is 3. The van der Waals surface area contributed by atoms with Gasteiger partial charge in [-0.3, -0.25) is 0 Å². The molecule has 5 heteroatoms. The molecule has 0 aromatic rings. The van der Waals surface area contributed by atoms with Gasteiger partial charge in [0.1, 0.15) is 0 Å². The fourth-order valence-electron chi connectivity index (χ4n) is 4.90. The number of rotatable bonds is 15. The summed E-state index contributed by atoms with van der Waals surface area (Å²) < 4.78 is 0. The van der Waals surface area contributed by atoms with Gasteiger partial charge in [-0.1, -0.05) is 105 Å². The second-order valence-corrected chi connectivity index (χ2v) is 9.80. The van der Waals surface area contributed by atoms with Crippen LogP contribution >= 0.6 is 0 Å². The van der Waals surface area contributed by atoms with Gasteiger partial charge in [-0.2, -0.15) is 0 Å². The molecule has 1 saturated carbocycles. The lowest BCUT2D eigenvalue weighted by Crippen LogP contribution is -2.34. The van der Waals surface area contributed by atoms with Gasteiger partial charge in [0, 0.05) is 11.8 Å². The molecule has 0 spiro atoms. The molecule has 1 saturated heterocycles. The van der Waals surface area contributed by atoms with Crippen molar-refractivity contribution in [3.63, 3.8) is 0 Å². The van der Waals surface area contributed by atoms with E-state index in [-0.39, 0.29) is 7.43 Å². The molecule has 33 heavy (non-hydrogen) atoms. The van der Waals surface area contributed by atoms with E-state index >= 15 is 0 Å². The van der Waals surface area contributed by atoms with Gasteiger partial charge in [0.2, 0.25) is 0 Å². The van der Waals surface area contributed by atoms with E-state index in [1.54, 1.807) is 0 Å². The van der Waals surface area contributed by atoms with Crippen molar-refractivity contribution in [1.29, 1.82) is 0 Å². The zero-order chi connectivity index (χ0) is 23.4. The monoisotopic (exact) mass is 463 g/mol. The van der Waals surface area contributed by atoms with Gasteiger partial charge in [0.15, 0.2) is 0 Å². The molecule has 0 atom stereocenters. The highest BCUT2D eigenvalue weighted by atomic mass is 16.3. The second kappa shape index (κ2) is 21.2. The molecule has 0 unspecified atom stereocenters. The summed E-state index contributed by atoms with van der Waals surface area (Å²) in [6.07, 6.45) is 22.1. The van der Waals surface area contributed by atoms with Gasteiger partial charge in [0.25, 0.3) is 0 Å². The SMILES string of the molecule is C.C=C(N=O)C1CCCCC1.C=C(N=O)C1CCN(CCCCCCCCCCCC)CC1. The standard InChI is InChI=1S/C19H36N2O.C8H13NO.CH4/c1-3-4-5-6-7-8-9-10-11-12-15-21-16-13-19(14-17-21)18(2)20-22;1-7(9-10)8-5-3-2-4-6-8;/h19H,2-17H2,1H3;8H,1-6H2;1H4. The summed E-state index contributed by atoms with van der Waals surface area (Å²) in [6, 6.07) is 0. The maximum atomic E-state index is 10.5. The van der Waals surface area contributed by atoms with Crippen molar-refractivity contribution in [3.8, 4) is 0 Å². The van der Waals surface area contributed by atoms with Crippen LogP contribution in [0.2, 0.25) is 0 Å². The molecule has 0 amide bonds. The van der Waals surface area contributed by atoms with Crippen molar-refractivity contribution in [3.05, 3.63) is 34.4 Å². The van der Waals surface area contributed by atoms with Gasteiger partial charge in [-0.25, -0.2) is 0 Å². The minimum absolute atomic E-state index is 0. The zero-order valence-corrected chi connectivity index (χ0v) is 20.9. The Morgan fingerprint density at radius 3 is 1.58 bits per heavy atom. The largest absolute Gasteiger partial charge is 0.303 e. The predicted octanol–water partition coefficient (Wildman–Crippen LogP) is 9.38. The molecule has 0 radical (unpaired) electrons. The van der Waals surface area contributed by atoms with Crippen molar-refractivity contribution in [1.82, 2.24) is 4.90 Å². The van der Waals surface area contributed by atoms with E-state index in [4.69, 9.17) is 0 Å². The van der Waals surface area contributed by atoms with Crippen LogP contribution in [-0.4, -0.2) is 24.5 Å². The maximum Gasteiger partial charge on any atom is 0.0809 e. The van der Waals surface area contributed by atoms with Crippen molar-refractivity contribution in [2.45, 2.75) is 124 Å². The van der Waals surface area contributed by atoms with E-state index in [0.717, 1.165) is 38.8 Å². The molecule has 1 heterocycles. The molecule has 0 N–H and O–H groups in total. The quantitative estimate of drug-likeness (QED) is 0.179. The molecule has 5 nitrogen and oxygen atoms in total. The number of allylic oxidation sites excluding steroid dienone is 2. The molecule has 1 aliphatic heterocycles. The average molecular weight is 464 g/mol. The summed E-state index contributed by atoms with van der Waals surface area (Å²) in [7, 11) is 0. The third-order valence-electron chi connectivity index (χ3n) is 7.20. The Labute approximate surface area is 204 Å². The molecular weight excluding hydrogens is 410 g/mol. The van der Waals surface area contributed by atoms with Crippen molar-refractivity contribution in [2.75, 3.05) is 19.6 Å². The predicted molar refractivity (Wildman–Crippen MR) is 144 cm³/mol. The number of hydrogen-bond donors (Lipinski definition) is 0. The summed E-state index contributed by atoms with van der Waals surface area (Å²) in [6.45, 7) is 13.1. The molecule has 2 fully saturated rings. The van der Waals surface area contributed by atoms with Crippen LogP contribution in [0, 0.1) is 21.6 Å². The van der Waals surface area contributed by atoms with E-state index in [0.29, 0.717) is 23.2 Å². The Kier molecular flexibility index (Phi) is 20.3. The summed E-state index contributed by atoms with van der Waals surface area (Å²) in [5, 5.41) is 5.87. The molecule has 0 aromatic carbocycles. The number of hydrogen-bond acceptors (Lipinski definition) is 5. The van der Waals surface area contributed by atoms with E-state index in [2.05, 4.69) is 35.3 Å². The fourth-order valence-corrected chi connectivity index (χ4v) is 4.90. The summed E-state index contributed by atoms with van der Waals surface area (Å²) in [5.41, 5.74) is 1.11. The molecule has 2 rings (SSSR count). The van der Waals surface area contributed by atoms with Crippen molar-refractivity contribution >= 4 is 0 Å². The number of piperidine rings is 1. The lowest BCUT2D eigenvalue weighted by atomic mass is 9.88. The highest BCUT2D eigenvalue weighted by molar-refractivity contribution is 5.00. The summed E-state index contributed by atoms with van der Waals surface area (Å²) in [5.74, 6) is 0.729. The molecule has 0 bridgehead atoms. The fraction of sp³-hybridized carbons (Fsp3) is 0.857. The summed E-state index contributed by atoms with van der Waals surface area (Å²) in [4.78, 5) is 23.1. The Hall–Kier alpha value is -1.36. The number of likely N-dealkylation sites (tertiary alicyclic amines) is 1. The topological polar surface area (TPSA) is 62.1 Å². The van der Waals surface area contributed by atoms with Gasteiger partial charge in [-0.05, 0) is 62.1 Å². The Balaban J connectivity index is 0.000000779. The molecule has 0 aromatic heterocycles. The van der Waals surface area contributed by atoms with Crippen LogP contribution in [0.15, 0.2) is 34.9 Å². The van der Waals surface area contributed by atoms with Crippen LogP contribution in [-0.2, 0) is 0 Å². The maximum absolute atomic E-state index is 10.5. The zero-order valence-electron chi connectivity index (χ0n) is 20.9. The minimum Gasteiger partial charge on any atom is -0.303 e. The van der Waals surface area contributed by atoms with Crippen LogP contribution in [0.1, 0.15) is 124 Å².